The van der Waals surface area contributed by atoms with Gasteiger partial charge >= 0.3 is 12.1 Å². The minimum Gasteiger partial charge on any atom is -0.247 e. The molecule has 0 aromatic carbocycles. The molecule has 0 radical (unpaired) electrons. The van der Waals surface area contributed by atoms with Gasteiger partial charge in [0.15, 0.2) is 0 Å². The Hall–Kier alpha value is -0.750. The lowest BCUT2D eigenvalue weighted by molar-refractivity contribution is -0.292. The summed E-state index contributed by atoms with van der Waals surface area (Å²) in [5, 5.41) is 0. The van der Waals surface area contributed by atoms with Crippen molar-refractivity contribution in [3.8, 4) is 0 Å². The highest BCUT2D eigenvalue weighted by Crippen LogP contribution is 2.45. The summed E-state index contributed by atoms with van der Waals surface area (Å²) in [6.07, 6.45) is -6.54. The minimum atomic E-state index is -5.97. The van der Waals surface area contributed by atoms with Gasteiger partial charge in [-0.15, -0.1) is 0 Å². The van der Waals surface area contributed by atoms with Crippen molar-refractivity contribution in [2.24, 2.45) is 0 Å². The van der Waals surface area contributed by atoms with Crippen LogP contribution in [0.3, 0.4) is 0 Å². The van der Waals surface area contributed by atoms with Crippen LogP contribution in [0.2, 0.25) is 0 Å². The predicted octanol–water partition coefficient (Wildman–Crippen LogP) is 3.05. The van der Waals surface area contributed by atoms with Crippen LogP contribution in [-0.2, 0) is 0 Å². The molecule has 0 saturated carbocycles. The van der Waals surface area contributed by atoms with Crippen LogP contribution in [0.25, 0.3) is 0 Å². The zero-order chi connectivity index (χ0) is 10.9. The lowest BCUT2D eigenvalue weighted by Crippen LogP contribution is -2.56. The first-order valence-electron chi connectivity index (χ1n) is 2.95. The van der Waals surface area contributed by atoms with Gasteiger partial charge in [-0.3, -0.25) is 0 Å². The van der Waals surface area contributed by atoms with Gasteiger partial charge < -0.3 is 0 Å². The van der Waals surface area contributed by atoms with E-state index in [1.54, 1.807) is 0 Å². The van der Waals surface area contributed by atoms with E-state index in [0.717, 1.165) is 0 Å². The van der Waals surface area contributed by atoms with Crippen molar-refractivity contribution < 1.29 is 30.7 Å². The highest BCUT2D eigenvalue weighted by atomic mass is 19.4. The fraction of sp³-hybridized carbons (Fsp3) is 0.667. The summed E-state index contributed by atoms with van der Waals surface area (Å²) in [5.74, 6) is -4.97. The number of rotatable bonds is 3. The van der Waals surface area contributed by atoms with E-state index in [2.05, 4.69) is 6.58 Å². The summed E-state index contributed by atoms with van der Waals surface area (Å²) >= 11 is 0. The number of alkyl halides is 7. The van der Waals surface area contributed by atoms with Crippen LogP contribution < -0.4 is 0 Å². The standard InChI is InChI=1S/C6H5F7/c1-2-5(9,10)4(8,3-7)6(11,12)13/h2H,1,3H2. The normalized spacial score (nSPS) is 18.1. The topological polar surface area (TPSA) is 0 Å². The maximum Gasteiger partial charge on any atom is 0.431 e. The van der Waals surface area contributed by atoms with Gasteiger partial charge in [0, 0.05) is 0 Å². The molecule has 0 heterocycles. The number of halogens is 7. The smallest absolute Gasteiger partial charge is 0.247 e. The van der Waals surface area contributed by atoms with Crippen molar-refractivity contribution in [3.63, 3.8) is 0 Å². The monoisotopic (exact) mass is 210 g/mol. The quantitative estimate of drug-likeness (QED) is 0.496. The molecule has 78 valence electrons. The van der Waals surface area contributed by atoms with E-state index in [1.807, 2.05) is 0 Å². The summed E-state index contributed by atoms with van der Waals surface area (Å²) < 4.78 is 83.5. The number of hydrogen-bond acceptors (Lipinski definition) is 0. The first kappa shape index (κ1) is 12.2. The number of allylic oxidation sites excluding steroid dienone is 1. The molecule has 0 N–H and O–H groups in total. The molecule has 0 aromatic heterocycles. The average Bonchev–Trinajstić information content (AvgIpc) is 2.00. The second-order valence-corrected chi connectivity index (χ2v) is 2.26. The van der Waals surface area contributed by atoms with E-state index in [1.165, 1.54) is 0 Å². The van der Waals surface area contributed by atoms with Crippen LogP contribution in [0.15, 0.2) is 12.7 Å². The van der Waals surface area contributed by atoms with Crippen molar-refractivity contribution in [1.82, 2.24) is 0 Å². The molecular formula is C6H5F7. The van der Waals surface area contributed by atoms with Gasteiger partial charge in [-0.05, 0) is 6.08 Å². The summed E-state index contributed by atoms with van der Waals surface area (Å²) in [6.45, 7) is -0.548. The molecular weight excluding hydrogens is 205 g/mol. The van der Waals surface area contributed by atoms with E-state index < -0.39 is 30.5 Å². The van der Waals surface area contributed by atoms with Crippen molar-refractivity contribution in [2.45, 2.75) is 17.8 Å². The molecule has 1 unspecified atom stereocenters. The Bertz CT molecular complexity index is 194. The molecule has 0 aromatic rings. The molecule has 0 aliphatic heterocycles. The zero-order valence-electron chi connectivity index (χ0n) is 6.14. The molecule has 0 nitrogen and oxygen atoms in total. The van der Waals surface area contributed by atoms with E-state index in [4.69, 9.17) is 0 Å². The molecule has 0 amide bonds. The van der Waals surface area contributed by atoms with Crippen LogP contribution in [0.1, 0.15) is 0 Å². The second kappa shape index (κ2) is 3.19. The predicted molar refractivity (Wildman–Crippen MR) is 31.0 cm³/mol. The lowest BCUT2D eigenvalue weighted by atomic mass is 9.99. The van der Waals surface area contributed by atoms with Gasteiger partial charge in [0.1, 0.15) is 6.67 Å². The third kappa shape index (κ3) is 1.78. The van der Waals surface area contributed by atoms with Gasteiger partial charge in [0.2, 0.25) is 0 Å². The molecule has 0 aliphatic rings. The van der Waals surface area contributed by atoms with E-state index in [0.29, 0.717) is 0 Å². The Morgan fingerprint density at radius 3 is 1.46 bits per heavy atom. The molecule has 0 aliphatic carbocycles. The summed E-state index contributed by atoms with van der Waals surface area (Å²) in [6, 6.07) is 0. The van der Waals surface area contributed by atoms with E-state index >= 15 is 0 Å². The minimum absolute atomic E-state index is 0.569. The molecule has 0 fully saturated rings. The number of hydrogen-bond donors (Lipinski definition) is 0. The van der Waals surface area contributed by atoms with Gasteiger partial charge in [0.25, 0.3) is 5.67 Å². The van der Waals surface area contributed by atoms with Crippen LogP contribution >= 0.6 is 0 Å². The van der Waals surface area contributed by atoms with Gasteiger partial charge in [-0.25, -0.2) is 8.78 Å². The average molecular weight is 210 g/mol. The third-order valence-electron chi connectivity index (χ3n) is 1.42. The highest BCUT2D eigenvalue weighted by molar-refractivity contribution is 5.08. The molecule has 1 atom stereocenters. The molecule has 7 heteroatoms. The Morgan fingerprint density at radius 2 is 1.38 bits per heavy atom. The zero-order valence-corrected chi connectivity index (χ0v) is 6.14. The molecule has 0 bridgehead atoms. The van der Waals surface area contributed by atoms with Crippen LogP contribution in [0.5, 0.6) is 0 Å². The third-order valence-corrected chi connectivity index (χ3v) is 1.42. The van der Waals surface area contributed by atoms with Crippen LogP contribution in [0.4, 0.5) is 30.7 Å². The summed E-state index contributed by atoms with van der Waals surface area (Å²) in [4.78, 5) is 0. The maximum absolute atomic E-state index is 12.5. The van der Waals surface area contributed by atoms with Crippen molar-refractivity contribution in [2.75, 3.05) is 6.67 Å². The Labute approximate surface area is 69.0 Å². The van der Waals surface area contributed by atoms with Gasteiger partial charge in [-0.1, -0.05) is 6.58 Å². The largest absolute Gasteiger partial charge is 0.431 e. The summed E-state index contributed by atoms with van der Waals surface area (Å²) in [7, 11) is 0. The second-order valence-electron chi connectivity index (χ2n) is 2.26. The van der Waals surface area contributed by atoms with Gasteiger partial charge in [-0.2, -0.15) is 22.0 Å². The molecule has 0 rings (SSSR count). The van der Waals surface area contributed by atoms with Crippen molar-refractivity contribution in [3.05, 3.63) is 12.7 Å². The lowest BCUT2D eigenvalue weighted by Gasteiger charge is -2.30. The molecule has 0 saturated heterocycles. The van der Waals surface area contributed by atoms with Crippen LogP contribution in [-0.4, -0.2) is 24.4 Å². The summed E-state index contributed by atoms with van der Waals surface area (Å²) in [5.41, 5.74) is -5.19. The molecule has 0 spiro atoms. The van der Waals surface area contributed by atoms with E-state index in [9.17, 15) is 30.7 Å². The Balaban J connectivity index is 5.18. The van der Waals surface area contributed by atoms with Crippen molar-refractivity contribution >= 4 is 0 Å². The van der Waals surface area contributed by atoms with E-state index in [-0.39, 0.29) is 0 Å². The Morgan fingerprint density at radius 1 is 1.00 bits per heavy atom. The maximum atomic E-state index is 12.5. The SMILES string of the molecule is C=CC(F)(F)C(F)(CF)C(F)(F)F. The first-order chi connectivity index (χ1) is 5.62. The fourth-order valence-electron chi connectivity index (χ4n) is 0.516. The highest BCUT2D eigenvalue weighted by Gasteiger charge is 2.70. The molecule has 13 heavy (non-hydrogen) atoms. The van der Waals surface area contributed by atoms with Crippen LogP contribution in [0, 0.1) is 0 Å². The Kier molecular flexibility index (Phi) is 3.01. The first-order valence-corrected chi connectivity index (χ1v) is 2.95. The van der Waals surface area contributed by atoms with Crippen molar-refractivity contribution in [1.29, 1.82) is 0 Å². The van der Waals surface area contributed by atoms with Gasteiger partial charge in [0.05, 0.1) is 0 Å². The fourth-order valence-corrected chi connectivity index (χ4v) is 0.516.